The van der Waals surface area contributed by atoms with Crippen LogP contribution in [0.25, 0.3) is 22.3 Å². The zero-order valence-corrected chi connectivity index (χ0v) is 29.4. The number of hydrogen-bond donors (Lipinski definition) is 2. The van der Waals surface area contributed by atoms with Crippen LogP contribution in [0.1, 0.15) is 81.5 Å². The Hall–Kier alpha value is -5.79. The van der Waals surface area contributed by atoms with Crippen LogP contribution in [-0.2, 0) is 18.5 Å². The van der Waals surface area contributed by atoms with E-state index in [0.29, 0.717) is 47.2 Å². The molecule has 1 saturated carbocycles. The number of halogens is 9. The predicted octanol–water partition coefficient (Wildman–Crippen LogP) is 9.54. The molecule has 17 heteroatoms. The van der Waals surface area contributed by atoms with Gasteiger partial charge in [-0.15, -0.1) is 0 Å². The van der Waals surface area contributed by atoms with Crippen LogP contribution in [-0.4, -0.2) is 40.5 Å². The summed E-state index contributed by atoms with van der Waals surface area (Å²) in [6.07, 6.45) is -12.5. The topological polar surface area (TPSA) is 107 Å². The van der Waals surface area contributed by atoms with Gasteiger partial charge in [0.2, 0.25) is 5.88 Å². The number of ether oxygens (including phenoxy) is 1. The molecule has 3 atom stereocenters. The summed E-state index contributed by atoms with van der Waals surface area (Å²) in [4.78, 5) is 32.0. The fourth-order valence-corrected chi connectivity index (χ4v) is 7.55. The minimum absolute atomic E-state index is 0.00522. The number of nitriles is 1. The highest BCUT2D eigenvalue weighted by atomic mass is 19.4. The number of alkyl halides is 9. The summed E-state index contributed by atoms with van der Waals surface area (Å²) >= 11 is 0. The molecule has 3 amide bonds. The van der Waals surface area contributed by atoms with Crippen molar-refractivity contribution in [2.45, 2.75) is 74.8 Å². The van der Waals surface area contributed by atoms with E-state index in [2.05, 4.69) is 21.7 Å². The third-order valence-corrected chi connectivity index (χ3v) is 10.5. The van der Waals surface area contributed by atoms with Crippen LogP contribution < -0.4 is 15.4 Å². The lowest BCUT2D eigenvalue weighted by molar-refractivity contribution is -0.143. The molecule has 3 aromatic carbocycles. The Kier molecular flexibility index (Phi) is 9.24. The van der Waals surface area contributed by atoms with E-state index in [1.54, 1.807) is 31.2 Å². The minimum Gasteiger partial charge on any atom is -0.481 e. The Balaban J connectivity index is 1.28. The van der Waals surface area contributed by atoms with E-state index in [1.807, 2.05) is 0 Å². The van der Waals surface area contributed by atoms with Crippen molar-refractivity contribution < 1.29 is 53.8 Å². The molecule has 1 aromatic heterocycles. The Morgan fingerprint density at radius 1 is 0.875 bits per heavy atom. The van der Waals surface area contributed by atoms with Gasteiger partial charge < -0.3 is 20.3 Å². The SMILES string of the molecule is COc1ncc(-c2ccc(C(=O)NC3(C#N)CC3)cc2C)cc1-c1ccc(C(F)(F)F)cc1[C@@H]1CC[C@H]2[C@@H](c3cc(C(F)(F)F)cc(C(F)(F)F)c3)NC(=O)N12. The molecule has 0 bridgehead atoms. The van der Waals surface area contributed by atoms with Crippen molar-refractivity contribution in [2.75, 3.05) is 7.11 Å². The molecule has 0 spiro atoms. The number of pyridine rings is 1. The quantitative estimate of drug-likeness (QED) is 0.182. The van der Waals surface area contributed by atoms with Gasteiger partial charge in [-0.3, -0.25) is 4.79 Å². The molecule has 2 N–H and O–H groups in total. The van der Waals surface area contributed by atoms with Gasteiger partial charge in [-0.05, 0) is 109 Å². The van der Waals surface area contributed by atoms with Gasteiger partial charge in [0.15, 0.2) is 0 Å². The molecule has 292 valence electrons. The van der Waals surface area contributed by atoms with Gasteiger partial charge in [0.1, 0.15) is 5.54 Å². The molecule has 8 nitrogen and oxygen atoms in total. The van der Waals surface area contributed by atoms with E-state index >= 15 is 0 Å². The van der Waals surface area contributed by atoms with Gasteiger partial charge in [0.05, 0.1) is 48.0 Å². The molecule has 0 unspecified atom stereocenters. The summed E-state index contributed by atoms with van der Waals surface area (Å²) in [5, 5.41) is 14.6. The number of carbonyl (C=O) groups is 2. The number of nitrogens with zero attached hydrogens (tertiary/aromatic N) is 3. The van der Waals surface area contributed by atoms with Gasteiger partial charge in [0, 0.05) is 22.9 Å². The Bertz CT molecular complexity index is 2260. The third kappa shape index (κ3) is 7.08. The minimum atomic E-state index is -5.14. The highest BCUT2D eigenvalue weighted by Crippen LogP contribution is 2.50. The lowest BCUT2D eigenvalue weighted by Crippen LogP contribution is -2.35. The number of fused-ring (bicyclic) bond motifs is 1. The van der Waals surface area contributed by atoms with Gasteiger partial charge in [-0.2, -0.15) is 44.8 Å². The first-order valence-corrected chi connectivity index (χ1v) is 17.2. The predicted molar refractivity (Wildman–Crippen MR) is 182 cm³/mol. The number of hydrogen-bond acceptors (Lipinski definition) is 5. The number of carbonyl (C=O) groups excluding carboxylic acids is 2. The number of urea groups is 1. The molecule has 2 aliphatic heterocycles. The van der Waals surface area contributed by atoms with Crippen LogP contribution in [0.5, 0.6) is 5.88 Å². The average Bonchev–Trinajstić information content (AvgIpc) is 3.64. The average molecular weight is 788 g/mol. The number of amides is 3. The van der Waals surface area contributed by atoms with Gasteiger partial charge >= 0.3 is 24.6 Å². The lowest BCUT2D eigenvalue weighted by atomic mass is 9.90. The Morgan fingerprint density at radius 3 is 2.09 bits per heavy atom. The third-order valence-electron chi connectivity index (χ3n) is 10.5. The van der Waals surface area contributed by atoms with Crippen LogP contribution >= 0.6 is 0 Å². The van der Waals surface area contributed by atoms with E-state index in [9.17, 15) is 54.4 Å². The summed E-state index contributed by atoms with van der Waals surface area (Å²) in [5.41, 5.74) is -3.08. The van der Waals surface area contributed by atoms with Crippen LogP contribution in [0.15, 0.2) is 66.9 Å². The first kappa shape index (κ1) is 38.5. The maximum Gasteiger partial charge on any atom is 0.416 e. The second-order valence-corrected chi connectivity index (χ2v) is 14.1. The zero-order valence-electron chi connectivity index (χ0n) is 29.4. The fraction of sp³-hybridized carbons (Fsp3) is 0.333. The van der Waals surface area contributed by atoms with Gasteiger partial charge in [-0.1, -0.05) is 12.1 Å². The molecule has 4 aromatic rings. The molecular formula is C39H30F9N5O3. The highest BCUT2D eigenvalue weighted by Gasteiger charge is 2.50. The van der Waals surface area contributed by atoms with Crippen LogP contribution in [0.3, 0.4) is 0 Å². The summed E-state index contributed by atoms with van der Waals surface area (Å²) < 4.78 is 131. The lowest BCUT2D eigenvalue weighted by Gasteiger charge is -2.27. The molecule has 56 heavy (non-hydrogen) atoms. The van der Waals surface area contributed by atoms with Crippen molar-refractivity contribution in [3.05, 3.63) is 106 Å². The van der Waals surface area contributed by atoms with Crippen molar-refractivity contribution in [1.82, 2.24) is 20.5 Å². The van der Waals surface area contributed by atoms with Gasteiger partial charge in [0.25, 0.3) is 5.91 Å². The molecule has 3 heterocycles. The maximum atomic E-state index is 14.2. The van der Waals surface area contributed by atoms with Crippen LogP contribution in [0.2, 0.25) is 0 Å². The van der Waals surface area contributed by atoms with E-state index in [1.165, 1.54) is 24.3 Å². The van der Waals surface area contributed by atoms with E-state index in [-0.39, 0.29) is 41.5 Å². The van der Waals surface area contributed by atoms with Crippen molar-refractivity contribution >= 4 is 11.9 Å². The maximum absolute atomic E-state index is 14.2. The Labute approximate surface area is 313 Å². The number of methoxy groups -OCH3 is 1. The fourth-order valence-electron chi connectivity index (χ4n) is 7.55. The normalized spacial score (nSPS) is 20.3. The van der Waals surface area contributed by atoms with Crippen molar-refractivity contribution in [3.8, 4) is 34.2 Å². The number of rotatable bonds is 7. The zero-order chi connectivity index (χ0) is 40.5. The molecule has 1 aliphatic carbocycles. The monoisotopic (exact) mass is 787 g/mol. The second-order valence-electron chi connectivity index (χ2n) is 14.1. The Morgan fingerprint density at radius 2 is 1.52 bits per heavy atom. The smallest absolute Gasteiger partial charge is 0.416 e. The number of aryl methyl sites for hydroxylation is 1. The molecule has 7 rings (SSSR count). The van der Waals surface area contributed by atoms with Crippen molar-refractivity contribution in [3.63, 3.8) is 0 Å². The van der Waals surface area contributed by atoms with Crippen molar-refractivity contribution in [1.29, 1.82) is 5.26 Å². The molecule has 3 aliphatic rings. The standard InChI is InChI=1S/C39H30F9N5O3/c1-19-11-20(33(54)52-36(18-49)9-10-36)3-5-26(19)22-14-29(34(56-2)50-17-22)27-6-4-23(37(40,41)42)16-28(27)30-7-8-31-32(51-35(55)53(30)31)21-12-24(38(43,44)45)15-25(13-21)39(46,47)48/h3-6,11-17,30-32H,7-10H2,1-2H3,(H,51,55)(H,52,54)/t30-,31-,32+/m0/s1. The molecular weight excluding hydrogens is 757 g/mol. The number of nitrogens with one attached hydrogen (secondary N) is 2. The van der Waals surface area contributed by atoms with Crippen molar-refractivity contribution in [2.24, 2.45) is 0 Å². The molecule has 2 saturated heterocycles. The largest absolute Gasteiger partial charge is 0.481 e. The van der Waals surface area contributed by atoms with Gasteiger partial charge in [-0.25, -0.2) is 9.78 Å². The van der Waals surface area contributed by atoms with Crippen LogP contribution in [0.4, 0.5) is 44.3 Å². The number of benzene rings is 3. The summed E-state index contributed by atoms with van der Waals surface area (Å²) in [6, 6.07) is 8.20. The molecule has 3 fully saturated rings. The van der Waals surface area contributed by atoms with Crippen LogP contribution in [0, 0.1) is 18.3 Å². The van der Waals surface area contributed by atoms with E-state index in [4.69, 9.17) is 4.74 Å². The first-order valence-electron chi connectivity index (χ1n) is 17.2. The highest BCUT2D eigenvalue weighted by molar-refractivity contribution is 5.96. The number of aromatic nitrogens is 1. The summed E-state index contributed by atoms with van der Waals surface area (Å²) in [6.45, 7) is 1.74. The second kappa shape index (κ2) is 13.5. The first-order chi connectivity index (χ1) is 26.2. The molecule has 0 radical (unpaired) electrons. The van der Waals surface area contributed by atoms with E-state index < -0.39 is 76.4 Å². The summed E-state index contributed by atoms with van der Waals surface area (Å²) in [5.74, 6) is -0.421. The van der Waals surface area contributed by atoms with E-state index in [0.717, 1.165) is 12.1 Å². The summed E-state index contributed by atoms with van der Waals surface area (Å²) in [7, 11) is 1.30.